The molecule has 0 spiro atoms. The van der Waals surface area contributed by atoms with E-state index in [1.54, 1.807) is 23.1 Å². The molecule has 0 unspecified atom stereocenters. The van der Waals surface area contributed by atoms with Crippen LogP contribution in [0.15, 0.2) is 66.8 Å². The van der Waals surface area contributed by atoms with Crippen LogP contribution in [0.25, 0.3) is 22.2 Å². The molecule has 0 saturated carbocycles. The Kier molecular flexibility index (Phi) is 6.97. The molecule has 2 aliphatic heterocycles. The van der Waals surface area contributed by atoms with Crippen LogP contribution in [-0.2, 0) is 11.2 Å². The number of methoxy groups -OCH3 is 1. The van der Waals surface area contributed by atoms with E-state index in [1.807, 2.05) is 18.6 Å². The molecular weight excluding hydrogens is 502 g/mol. The Labute approximate surface area is 224 Å². The summed E-state index contributed by atoms with van der Waals surface area (Å²) >= 11 is 0. The average molecular weight is 533 g/mol. The Morgan fingerprint density at radius 1 is 1.10 bits per heavy atom. The summed E-state index contributed by atoms with van der Waals surface area (Å²) in [6, 6.07) is 5.92. The van der Waals surface area contributed by atoms with Crippen molar-refractivity contribution in [2.45, 2.75) is 25.3 Å². The van der Waals surface area contributed by atoms with Crippen LogP contribution < -0.4 is 10.6 Å². The molecule has 1 fully saturated rings. The predicted molar refractivity (Wildman–Crippen MR) is 145 cm³/mol. The summed E-state index contributed by atoms with van der Waals surface area (Å²) in [5.74, 6) is 0.0373. The number of piperidine rings is 1. The third kappa shape index (κ3) is 5.35. The van der Waals surface area contributed by atoms with E-state index < -0.39 is 5.95 Å². The molecule has 202 valence electrons. The highest BCUT2D eigenvalue weighted by Crippen LogP contribution is 2.28. The lowest BCUT2D eigenvalue weighted by atomic mass is 10.0. The fourth-order valence-electron chi connectivity index (χ4n) is 5.11. The van der Waals surface area contributed by atoms with Crippen LogP contribution in [0.1, 0.15) is 30.0 Å². The van der Waals surface area contributed by atoms with Crippen molar-refractivity contribution >= 4 is 16.9 Å². The highest BCUT2D eigenvalue weighted by atomic mass is 19.1. The standard InChI is InChI=1S/C28H30F2N8O/c1-39-26-5-3-22(29)16-37(26)17-34-25-4-2-18(27(30)36-25)10-20-13-33-28-24(20)11-19(12-32-28)21-14-35-38(15-21)23-6-8-31-9-7-23/h2-5,11-15,23,31H,6-10,16-17H2,1H3,(H,32,33)(H,34,36). The molecule has 0 aliphatic carbocycles. The van der Waals surface area contributed by atoms with Gasteiger partial charge in [0, 0.05) is 53.2 Å². The van der Waals surface area contributed by atoms with Crippen LogP contribution >= 0.6 is 0 Å². The molecule has 0 bridgehead atoms. The first kappa shape index (κ1) is 25.1. The number of allylic oxidation sites excluding steroid dienone is 2. The molecule has 2 aliphatic rings. The first-order chi connectivity index (χ1) is 19.1. The zero-order chi connectivity index (χ0) is 26.8. The van der Waals surface area contributed by atoms with E-state index in [0.717, 1.165) is 53.7 Å². The summed E-state index contributed by atoms with van der Waals surface area (Å²) in [6.07, 6.45) is 13.1. The quantitative estimate of drug-likeness (QED) is 0.288. The molecule has 0 atom stereocenters. The number of rotatable bonds is 8. The number of hydrogen-bond acceptors (Lipinski definition) is 7. The van der Waals surface area contributed by atoms with Gasteiger partial charge in [0.25, 0.3) is 0 Å². The lowest BCUT2D eigenvalue weighted by Gasteiger charge is -2.27. The van der Waals surface area contributed by atoms with E-state index in [0.29, 0.717) is 29.7 Å². The van der Waals surface area contributed by atoms with E-state index in [4.69, 9.17) is 4.74 Å². The Balaban J connectivity index is 1.16. The molecule has 6 heterocycles. The first-order valence-electron chi connectivity index (χ1n) is 13.0. The van der Waals surface area contributed by atoms with Gasteiger partial charge in [-0.15, -0.1) is 0 Å². The zero-order valence-electron chi connectivity index (χ0n) is 21.6. The van der Waals surface area contributed by atoms with Crippen molar-refractivity contribution < 1.29 is 13.5 Å². The molecule has 9 nitrogen and oxygen atoms in total. The number of anilines is 1. The van der Waals surface area contributed by atoms with Crippen molar-refractivity contribution in [3.05, 3.63) is 83.9 Å². The molecule has 0 amide bonds. The largest absolute Gasteiger partial charge is 0.482 e. The third-order valence-electron chi connectivity index (χ3n) is 7.26. The number of H-pyrrole nitrogens is 1. The van der Waals surface area contributed by atoms with Gasteiger partial charge in [0.05, 0.1) is 32.6 Å². The van der Waals surface area contributed by atoms with Gasteiger partial charge in [0.15, 0.2) is 5.88 Å². The minimum Gasteiger partial charge on any atom is -0.482 e. The van der Waals surface area contributed by atoms with Crippen LogP contribution in [0, 0.1) is 5.95 Å². The van der Waals surface area contributed by atoms with Gasteiger partial charge in [-0.3, -0.25) is 4.68 Å². The molecular formula is C28H30F2N8O. The fourth-order valence-corrected chi connectivity index (χ4v) is 5.11. The number of hydrogen-bond donors (Lipinski definition) is 3. The van der Waals surface area contributed by atoms with Crippen LogP contribution in [0.2, 0.25) is 0 Å². The zero-order valence-corrected chi connectivity index (χ0v) is 21.6. The van der Waals surface area contributed by atoms with Gasteiger partial charge in [0.1, 0.15) is 17.3 Å². The second-order valence-electron chi connectivity index (χ2n) is 9.80. The maximum atomic E-state index is 15.0. The average Bonchev–Trinajstić information content (AvgIpc) is 3.61. The van der Waals surface area contributed by atoms with Crippen molar-refractivity contribution in [3.63, 3.8) is 0 Å². The van der Waals surface area contributed by atoms with Crippen molar-refractivity contribution in [2.75, 3.05) is 38.7 Å². The van der Waals surface area contributed by atoms with Gasteiger partial charge < -0.3 is 25.3 Å². The van der Waals surface area contributed by atoms with Crippen molar-refractivity contribution in [2.24, 2.45) is 0 Å². The monoisotopic (exact) mass is 532 g/mol. The van der Waals surface area contributed by atoms with Crippen LogP contribution in [0.4, 0.5) is 14.6 Å². The molecule has 39 heavy (non-hydrogen) atoms. The summed E-state index contributed by atoms with van der Waals surface area (Å²) in [4.78, 5) is 13.5. The number of ether oxygens (including phenoxy) is 1. The van der Waals surface area contributed by atoms with Crippen LogP contribution in [0.3, 0.4) is 0 Å². The number of aromatic amines is 1. The van der Waals surface area contributed by atoms with E-state index in [-0.39, 0.29) is 19.0 Å². The maximum Gasteiger partial charge on any atom is 0.218 e. The SMILES string of the molecule is COC1=CC=C(F)CN1CNc1ccc(Cc2c[nH]c3ncc(-c4cnn(C5CCNCC5)c4)cc23)c(F)n1. The Morgan fingerprint density at radius 3 is 2.79 bits per heavy atom. The topological polar surface area (TPSA) is 95.9 Å². The number of pyridine rings is 2. The minimum absolute atomic E-state index is 0.0721. The van der Waals surface area contributed by atoms with Gasteiger partial charge in [-0.05, 0) is 49.7 Å². The number of nitrogens with zero attached hydrogens (tertiary/aromatic N) is 5. The van der Waals surface area contributed by atoms with E-state index in [9.17, 15) is 4.39 Å². The highest BCUT2D eigenvalue weighted by Gasteiger charge is 2.18. The van der Waals surface area contributed by atoms with Crippen molar-refractivity contribution in [1.29, 1.82) is 0 Å². The number of halogens is 2. The molecule has 3 N–H and O–H groups in total. The smallest absolute Gasteiger partial charge is 0.218 e. The molecule has 11 heteroatoms. The highest BCUT2D eigenvalue weighted by molar-refractivity contribution is 5.84. The molecule has 1 saturated heterocycles. The summed E-state index contributed by atoms with van der Waals surface area (Å²) in [5, 5.41) is 12.0. The van der Waals surface area contributed by atoms with Crippen molar-refractivity contribution in [1.82, 2.24) is 34.9 Å². The third-order valence-corrected chi connectivity index (χ3v) is 7.26. The normalized spacial score (nSPS) is 16.3. The fraction of sp³-hybridized carbons (Fsp3) is 0.321. The Bertz CT molecular complexity index is 1540. The van der Waals surface area contributed by atoms with Gasteiger partial charge in [-0.1, -0.05) is 6.07 Å². The second kappa shape index (κ2) is 10.9. The van der Waals surface area contributed by atoms with Gasteiger partial charge in [0.2, 0.25) is 5.95 Å². The summed E-state index contributed by atoms with van der Waals surface area (Å²) in [6.45, 7) is 2.30. The van der Waals surface area contributed by atoms with Crippen LogP contribution in [0.5, 0.6) is 0 Å². The number of fused-ring (bicyclic) bond motifs is 1. The summed E-state index contributed by atoms with van der Waals surface area (Å²) in [5.41, 5.74) is 4.12. The number of nitrogens with one attached hydrogen (secondary N) is 3. The molecule has 4 aromatic rings. The van der Waals surface area contributed by atoms with E-state index in [2.05, 4.69) is 47.6 Å². The lowest BCUT2D eigenvalue weighted by Crippen LogP contribution is -2.32. The molecule has 4 aromatic heterocycles. The molecule has 0 aromatic carbocycles. The summed E-state index contributed by atoms with van der Waals surface area (Å²) in [7, 11) is 1.52. The first-order valence-corrected chi connectivity index (χ1v) is 13.0. The predicted octanol–water partition coefficient (Wildman–Crippen LogP) is 4.50. The lowest BCUT2D eigenvalue weighted by molar-refractivity contribution is 0.158. The van der Waals surface area contributed by atoms with Gasteiger partial charge >= 0.3 is 0 Å². The van der Waals surface area contributed by atoms with Crippen LogP contribution in [-0.4, -0.2) is 63.0 Å². The van der Waals surface area contributed by atoms with E-state index >= 15 is 4.39 Å². The van der Waals surface area contributed by atoms with Gasteiger partial charge in [-0.25, -0.2) is 14.4 Å². The minimum atomic E-state index is -0.561. The maximum absolute atomic E-state index is 15.0. The Morgan fingerprint density at radius 2 is 1.97 bits per heavy atom. The number of aromatic nitrogens is 5. The van der Waals surface area contributed by atoms with Gasteiger partial charge in [-0.2, -0.15) is 9.49 Å². The second-order valence-corrected chi connectivity index (χ2v) is 9.80. The molecule has 6 rings (SSSR count). The van der Waals surface area contributed by atoms with Crippen molar-refractivity contribution in [3.8, 4) is 11.1 Å². The molecule has 0 radical (unpaired) electrons. The van der Waals surface area contributed by atoms with E-state index in [1.165, 1.54) is 13.2 Å². The Hall–Kier alpha value is -4.25. The summed E-state index contributed by atoms with van der Waals surface area (Å²) < 4.78 is 36.0.